The van der Waals surface area contributed by atoms with E-state index in [2.05, 4.69) is 27.8 Å². The number of carbonyl (C=O) groups is 5. The average molecular weight is 783 g/mol. The number of carboxylic acids is 1. The lowest BCUT2D eigenvalue weighted by molar-refractivity contribution is -0.144. The van der Waals surface area contributed by atoms with Gasteiger partial charge < -0.3 is 40.7 Å². The van der Waals surface area contributed by atoms with Gasteiger partial charge in [-0.05, 0) is 42.7 Å². The molecule has 2 aromatic carbocycles. The molecular formula is C43H54N6O8. The van der Waals surface area contributed by atoms with E-state index in [0.717, 1.165) is 37.7 Å². The minimum absolute atomic E-state index is 0.0289. The third-order valence-electron chi connectivity index (χ3n) is 11.5. The van der Waals surface area contributed by atoms with E-state index in [1.54, 1.807) is 40.0 Å². The van der Waals surface area contributed by atoms with Crippen molar-refractivity contribution in [2.24, 2.45) is 17.3 Å². The van der Waals surface area contributed by atoms with Crippen molar-refractivity contribution < 1.29 is 38.6 Å². The first kappa shape index (κ1) is 41.0. The second kappa shape index (κ2) is 16.8. The zero-order valence-electron chi connectivity index (χ0n) is 33.3. The summed E-state index contributed by atoms with van der Waals surface area (Å²) < 4.78 is 12.1. The Kier molecular flexibility index (Phi) is 12.1. The summed E-state index contributed by atoms with van der Waals surface area (Å²) in [6.07, 6.45) is 5.58. The van der Waals surface area contributed by atoms with Crippen LogP contribution in [0.1, 0.15) is 65.7 Å². The van der Waals surface area contributed by atoms with Gasteiger partial charge in [-0.15, -0.1) is 6.58 Å². The van der Waals surface area contributed by atoms with Crippen molar-refractivity contribution in [2.75, 3.05) is 20.7 Å². The first-order chi connectivity index (χ1) is 27.2. The van der Waals surface area contributed by atoms with E-state index >= 15 is 0 Å². The Morgan fingerprint density at radius 3 is 2.33 bits per heavy atom. The monoisotopic (exact) mass is 782 g/mol. The molecule has 1 aromatic heterocycles. The molecule has 1 aliphatic heterocycles. The number of methoxy groups -OCH3 is 1. The molecule has 2 saturated carbocycles. The van der Waals surface area contributed by atoms with Gasteiger partial charge in [-0.3, -0.25) is 14.4 Å². The van der Waals surface area contributed by atoms with Gasteiger partial charge in [0, 0.05) is 42.5 Å². The predicted octanol–water partition coefficient (Wildman–Crippen LogP) is 4.81. The van der Waals surface area contributed by atoms with E-state index in [-0.39, 0.29) is 31.2 Å². The highest BCUT2D eigenvalue weighted by Gasteiger charge is 2.61. The van der Waals surface area contributed by atoms with Crippen LogP contribution < -0.4 is 30.7 Å². The van der Waals surface area contributed by atoms with E-state index in [1.807, 2.05) is 42.5 Å². The van der Waals surface area contributed by atoms with Crippen LogP contribution in [0, 0.1) is 17.3 Å². The average Bonchev–Trinajstić information content (AvgIpc) is 3.77. The lowest BCUT2D eigenvalue weighted by Crippen LogP contribution is -2.62. The van der Waals surface area contributed by atoms with E-state index in [0.29, 0.717) is 28.1 Å². The number of carboxylic acid groups (broad SMARTS) is 1. The molecule has 3 aromatic rings. The Balaban J connectivity index is 1.30. The molecule has 2 heterocycles. The molecule has 14 heteroatoms. The fraction of sp³-hybridized carbons (Fsp3) is 0.488. The molecule has 6 rings (SSSR count). The van der Waals surface area contributed by atoms with Gasteiger partial charge in [-0.2, -0.15) is 0 Å². The summed E-state index contributed by atoms with van der Waals surface area (Å²) in [5.41, 5.74) is -0.237. The van der Waals surface area contributed by atoms with Crippen molar-refractivity contribution in [3.8, 4) is 22.8 Å². The van der Waals surface area contributed by atoms with Gasteiger partial charge in [0.2, 0.25) is 17.7 Å². The SMILES string of the molecule is C=C[C@@H]1C[C@]1(NC(=O)[C@@H]1C[C@@H](Oc2cc(-c3ccccc3)nc3cc(OC)ccc23)CN1C(=O)N[C@H](C(=O)N[C@H](C(=O)NC)C1CCCCC1)C(C)(C)C)C(=O)O. The van der Waals surface area contributed by atoms with Gasteiger partial charge in [0.15, 0.2) is 0 Å². The number of benzene rings is 2. The quantitative estimate of drug-likeness (QED) is 0.152. The number of nitrogens with zero attached hydrogens (tertiary/aromatic N) is 2. The Morgan fingerprint density at radius 1 is 1.00 bits per heavy atom. The molecule has 5 N–H and O–H groups in total. The molecule has 0 bridgehead atoms. The number of rotatable bonds is 13. The number of aromatic nitrogens is 1. The third-order valence-corrected chi connectivity index (χ3v) is 11.5. The van der Waals surface area contributed by atoms with E-state index in [1.165, 1.54) is 18.0 Å². The highest BCUT2D eigenvalue weighted by molar-refractivity contribution is 5.96. The Bertz CT molecular complexity index is 2010. The molecule has 3 fully saturated rings. The fourth-order valence-corrected chi connectivity index (χ4v) is 8.15. The number of hydrogen-bond donors (Lipinski definition) is 5. The summed E-state index contributed by atoms with van der Waals surface area (Å²) in [5.74, 6) is -2.11. The Hall–Kier alpha value is -5.66. The normalized spacial score (nSPS) is 23.1. The van der Waals surface area contributed by atoms with Gasteiger partial charge in [0.05, 0.1) is 24.9 Å². The number of likely N-dealkylation sites (tertiary alicyclic amines) is 1. The zero-order chi connectivity index (χ0) is 41.1. The van der Waals surface area contributed by atoms with E-state index in [4.69, 9.17) is 14.5 Å². The summed E-state index contributed by atoms with van der Waals surface area (Å²) in [5, 5.41) is 22.0. The van der Waals surface area contributed by atoms with Crippen molar-refractivity contribution in [1.29, 1.82) is 0 Å². The molecule has 1 saturated heterocycles. The van der Waals surface area contributed by atoms with Crippen LogP contribution in [0.3, 0.4) is 0 Å². The van der Waals surface area contributed by atoms with Gasteiger partial charge in [-0.1, -0.05) is 76.4 Å². The van der Waals surface area contributed by atoms with Gasteiger partial charge in [0.25, 0.3) is 0 Å². The van der Waals surface area contributed by atoms with Crippen molar-refractivity contribution >= 4 is 40.6 Å². The van der Waals surface area contributed by atoms with Gasteiger partial charge >= 0.3 is 12.0 Å². The highest BCUT2D eigenvalue weighted by Crippen LogP contribution is 2.45. The molecule has 3 aliphatic rings. The molecular weight excluding hydrogens is 729 g/mol. The van der Waals surface area contributed by atoms with Crippen molar-refractivity contribution in [3.63, 3.8) is 0 Å². The van der Waals surface area contributed by atoms with E-state index < -0.39 is 64.9 Å². The number of likely N-dealkylation sites (N-methyl/N-ethyl adjacent to an activating group) is 1. The molecule has 6 atom stereocenters. The van der Waals surface area contributed by atoms with Crippen LogP contribution in [0.25, 0.3) is 22.2 Å². The summed E-state index contributed by atoms with van der Waals surface area (Å²) in [6, 6.07) is 13.1. The number of fused-ring (bicyclic) bond motifs is 1. The number of ether oxygens (including phenoxy) is 2. The Morgan fingerprint density at radius 2 is 1.72 bits per heavy atom. The van der Waals surface area contributed by atoms with Crippen LogP contribution >= 0.6 is 0 Å². The Labute approximate surface area is 333 Å². The molecule has 5 amide bonds. The largest absolute Gasteiger partial charge is 0.497 e. The fourth-order valence-electron chi connectivity index (χ4n) is 8.15. The summed E-state index contributed by atoms with van der Waals surface area (Å²) in [6.45, 7) is 9.08. The molecule has 0 spiro atoms. The molecule has 14 nitrogen and oxygen atoms in total. The summed E-state index contributed by atoms with van der Waals surface area (Å²) in [4.78, 5) is 74.2. The van der Waals surface area contributed by atoms with Crippen LogP contribution in [0.2, 0.25) is 0 Å². The smallest absolute Gasteiger partial charge is 0.330 e. The van der Waals surface area contributed by atoms with Crippen molar-refractivity contribution in [2.45, 2.75) is 95.5 Å². The number of hydrogen-bond acceptors (Lipinski definition) is 8. The van der Waals surface area contributed by atoms with Crippen LogP contribution in [-0.4, -0.2) is 95.2 Å². The highest BCUT2D eigenvalue weighted by atomic mass is 16.5. The van der Waals surface area contributed by atoms with Crippen LogP contribution in [-0.2, 0) is 19.2 Å². The number of pyridine rings is 1. The van der Waals surface area contributed by atoms with Crippen LogP contribution in [0.4, 0.5) is 4.79 Å². The first-order valence-electron chi connectivity index (χ1n) is 19.7. The van der Waals surface area contributed by atoms with Crippen LogP contribution in [0.15, 0.2) is 67.3 Å². The number of amides is 5. The molecule has 2 aliphatic carbocycles. The lowest BCUT2D eigenvalue weighted by Gasteiger charge is -2.36. The maximum atomic E-state index is 14.4. The number of nitrogens with one attached hydrogen (secondary N) is 4. The predicted molar refractivity (Wildman–Crippen MR) is 214 cm³/mol. The number of carbonyl (C=O) groups excluding carboxylic acids is 4. The minimum Gasteiger partial charge on any atom is -0.497 e. The second-order valence-electron chi connectivity index (χ2n) is 16.5. The molecule has 304 valence electrons. The molecule has 0 radical (unpaired) electrons. The molecule has 0 unspecified atom stereocenters. The number of aliphatic carboxylic acids is 1. The lowest BCUT2D eigenvalue weighted by atomic mass is 9.82. The summed E-state index contributed by atoms with van der Waals surface area (Å²) >= 11 is 0. The molecule has 57 heavy (non-hydrogen) atoms. The van der Waals surface area contributed by atoms with Gasteiger partial charge in [0.1, 0.15) is 41.3 Å². The number of urea groups is 1. The maximum absolute atomic E-state index is 14.4. The summed E-state index contributed by atoms with van der Waals surface area (Å²) in [7, 11) is 3.10. The topological polar surface area (TPSA) is 188 Å². The van der Waals surface area contributed by atoms with Crippen LogP contribution in [0.5, 0.6) is 11.5 Å². The second-order valence-corrected chi connectivity index (χ2v) is 16.5. The van der Waals surface area contributed by atoms with E-state index in [9.17, 15) is 29.1 Å². The standard InChI is InChI=1S/C43H54N6O8/c1-7-27-23-43(27,40(53)54)48-37(50)33-21-29(57-34-22-31(25-14-10-8-11-15-25)45-32-20-28(56-6)18-19-30(32)34)24-49(33)41(55)47-36(42(2,3)4)39(52)46-35(38(51)44-5)26-16-12-9-13-17-26/h7-8,10-11,14-15,18-20,22,26-27,29,33,35-36H,1,9,12-13,16-17,21,23-24H2,2-6H3,(H,44,51)(H,46,52)(H,47,55)(H,48,50)(H,53,54)/t27-,29-,33+,35+,36-,43-/m1/s1. The van der Waals surface area contributed by atoms with Gasteiger partial charge in [-0.25, -0.2) is 14.6 Å². The zero-order valence-corrected chi connectivity index (χ0v) is 33.3. The minimum atomic E-state index is -1.54. The first-order valence-corrected chi connectivity index (χ1v) is 19.7. The third kappa shape index (κ3) is 8.84. The van der Waals surface area contributed by atoms with Crippen molar-refractivity contribution in [1.82, 2.24) is 31.2 Å². The maximum Gasteiger partial charge on any atom is 0.330 e. The van der Waals surface area contributed by atoms with Crippen molar-refractivity contribution in [3.05, 3.63) is 67.3 Å².